The number of ether oxygens (including phenoxy) is 1. The second kappa shape index (κ2) is 9.54. The van der Waals surface area contributed by atoms with Crippen LogP contribution in [0.3, 0.4) is 0 Å². The highest BCUT2D eigenvalue weighted by Crippen LogP contribution is 2.44. The van der Waals surface area contributed by atoms with Crippen LogP contribution < -0.4 is 4.90 Å². The second-order valence-electron chi connectivity index (χ2n) is 6.93. The second-order valence-corrected chi connectivity index (χ2v) is 8.57. The number of nitrogens with zero attached hydrogens (tertiary/aromatic N) is 2. The molecule has 0 aliphatic carbocycles. The van der Waals surface area contributed by atoms with Crippen molar-refractivity contribution < 1.29 is 19.1 Å². The van der Waals surface area contributed by atoms with Gasteiger partial charge in [0.2, 0.25) is 0 Å². The summed E-state index contributed by atoms with van der Waals surface area (Å²) >= 11 is 6.34. The predicted octanol–water partition coefficient (Wildman–Crippen LogP) is 3.75. The minimum Gasteiger partial charge on any atom is -0.468 e. The zero-order valence-corrected chi connectivity index (χ0v) is 18.2. The number of hydrogen-bond donors (Lipinski definition) is 0. The van der Waals surface area contributed by atoms with Crippen molar-refractivity contribution in [3.63, 3.8) is 0 Å². The van der Waals surface area contributed by atoms with Gasteiger partial charge in [0.1, 0.15) is 10.9 Å². The molecule has 0 atom stereocenters. The lowest BCUT2D eigenvalue weighted by Gasteiger charge is -2.17. The smallest absolute Gasteiger partial charge is 0.325 e. The van der Waals surface area contributed by atoms with Gasteiger partial charge in [-0.1, -0.05) is 74.8 Å². The number of thioether (sulfide) groups is 1. The average molecular weight is 433 g/mol. The van der Waals surface area contributed by atoms with Crippen LogP contribution in [-0.4, -0.2) is 47.2 Å². The molecule has 1 aromatic carbocycles. The van der Waals surface area contributed by atoms with Gasteiger partial charge in [0.05, 0.1) is 23.3 Å². The number of fused-ring (bicyclic) bond motifs is 1. The number of hydrogen-bond acceptors (Lipinski definition) is 6. The lowest BCUT2D eigenvalue weighted by atomic mass is 10.1. The van der Waals surface area contributed by atoms with Gasteiger partial charge < -0.3 is 9.64 Å². The quantitative estimate of drug-likeness (QED) is 0.270. The number of anilines is 1. The number of benzene rings is 1. The van der Waals surface area contributed by atoms with Gasteiger partial charge in [0.15, 0.2) is 0 Å². The summed E-state index contributed by atoms with van der Waals surface area (Å²) < 4.78 is 4.90. The van der Waals surface area contributed by atoms with E-state index in [4.69, 9.17) is 12.2 Å². The molecule has 0 bridgehead atoms. The summed E-state index contributed by atoms with van der Waals surface area (Å²) in [5.41, 5.74) is 1.93. The molecule has 2 heterocycles. The Bertz CT molecular complexity index is 881. The SMILES string of the molecule is CCCCCCCN1C(=O)/C(=C2\SC(=S)N(CC(=O)OC)C2=O)c2ccccc21. The van der Waals surface area contributed by atoms with E-state index in [1.165, 1.54) is 24.9 Å². The first-order valence-corrected chi connectivity index (χ1v) is 11.0. The zero-order valence-electron chi connectivity index (χ0n) is 16.6. The fourth-order valence-electron chi connectivity index (χ4n) is 3.47. The maximum absolute atomic E-state index is 13.3. The van der Waals surface area contributed by atoms with Gasteiger partial charge in [0.25, 0.3) is 11.8 Å². The molecule has 1 saturated heterocycles. The minimum atomic E-state index is -0.556. The van der Waals surface area contributed by atoms with Crippen LogP contribution in [0, 0.1) is 0 Å². The highest BCUT2D eigenvalue weighted by molar-refractivity contribution is 8.26. The molecule has 2 amide bonds. The molecular formula is C21H24N2O4S2. The van der Waals surface area contributed by atoms with E-state index in [0.29, 0.717) is 12.1 Å². The molecule has 0 N–H and O–H groups in total. The van der Waals surface area contributed by atoms with Crippen molar-refractivity contribution >= 4 is 57.3 Å². The van der Waals surface area contributed by atoms with Crippen LogP contribution in [0.25, 0.3) is 5.57 Å². The van der Waals surface area contributed by atoms with E-state index < -0.39 is 11.9 Å². The normalized spacial score (nSPS) is 18.6. The molecule has 154 valence electrons. The van der Waals surface area contributed by atoms with Crippen molar-refractivity contribution in [2.75, 3.05) is 25.1 Å². The molecule has 2 aliphatic heterocycles. The van der Waals surface area contributed by atoms with Crippen molar-refractivity contribution in [3.8, 4) is 0 Å². The molecular weight excluding hydrogens is 408 g/mol. The standard InChI is InChI=1S/C21H24N2O4S2/c1-3-4-5-6-9-12-22-15-11-8-7-10-14(15)17(19(22)25)18-20(26)23(21(28)29-18)13-16(24)27-2/h7-8,10-11H,3-6,9,12-13H2,1-2H3/b18-17-. The average Bonchev–Trinajstić information content (AvgIpc) is 3.15. The Morgan fingerprint density at radius 3 is 2.52 bits per heavy atom. The van der Waals surface area contributed by atoms with Gasteiger partial charge in [-0.3, -0.25) is 19.3 Å². The Balaban J connectivity index is 1.88. The first kappa shape index (κ1) is 21.5. The summed E-state index contributed by atoms with van der Waals surface area (Å²) in [6.45, 7) is 2.53. The summed E-state index contributed by atoms with van der Waals surface area (Å²) in [5.74, 6) is -1.16. The molecule has 1 aromatic rings. The Hall–Kier alpha value is -2.19. The number of rotatable bonds is 8. The molecule has 0 spiro atoms. The third kappa shape index (κ3) is 4.38. The van der Waals surface area contributed by atoms with Crippen LogP contribution >= 0.6 is 24.0 Å². The fourth-order valence-corrected chi connectivity index (χ4v) is 4.80. The van der Waals surface area contributed by atoms with Crippen LogP contribution in [0.15, 0.2) is 29.2 Å². The molecule has 0 saturated carbocycles. The van der Waals surface area contributed by atoms with E-state index in [1.54, 1.807) is 4.90 Å². The van der Waals surface area contributed by atoms with Crippen molar-refractivity contribution in [2.45, 2.75) is 39.0 Å². The number of para-hydroxylation sites is 1. The molecule has 29 heavy (non-hydrogen) atoms. The summed E-state index contributed by atoms with van der Waals surface area (Å²) in [4.78, 5) is 41.0. The Morgan fingerprint density at radius 2 is 1.79 bits per heavy atom. The third-order valence-electron chi connectivity index (χ3n) is 5.00. The highest BCUT2D eigenvalue weighted by Gasteiger charge is 2.42. The lowest BCUT2D eigenvalue weighted by Crippen LogP contribution is -2.34. The van der Waals surface area contributed by atoms with Gasteiger partial charge in [0, 0.05) is 12.1 Å². The van der Waals surface area contributed by atoms with E-state index in [2.05, 4.69) is 11.7 Å². The Kier molecular flexibility index (Phi) is 7.08. The van der Waals surface area contributed by atoms with E-state index in [9.17, 15) is 14.4 Å². The van der Waals surface area contributed by atoms with Crippen LogP contribution in [0.4, 0.5) is 5.69 Å². The van der Waals surface area contributed by atoms with Crippen LogP contribution in [0.2, 0.25) is 0 Å². The van der Waals surface area contributed by atoms with E-state index >= 15 is 0 Å². The molecule has 0 unspecified atom stereocenters. The third-order valence-corrected chi connectivity index (χ3v) is 6.45. The van der Waals surface area contributed by atoms with Crippen LogP contribution in [0.5, 0.6) is 0 Å². The molecule has 3 rings (SSSR count). The largest absolute Gasteiger partial charge is 0.468 e. The molecule has 0 radical (unpaired) electrons. The number of esters is 1. The van der Waals surface area contributed by atoms with Crippen molar-refractivity contribution in [1.29, 1.82) is 0 Å². The van der Waals surface area contributed by atoms with E-state index in [-0.39, 0.29) is 21.7 Å². The van der Waals surface area contributed by atoms with Crippen molar-refractivity contribution in [1.82, 2.24) is 4.90 Å². The number of thiocarbonyl (C=S) groups is 1. The van der Waals surface area contributed by atoms with Crippen molar-refractivity contribution in [3.05, 3.63) is 34.7 Å². The van der Waals surface area contributed by atoms with Crippen LogP contribution in [0.1, 0.15) is 44.6 Å². The molecule has 8 heteroatoms. The molecule has 6 nitrogen and oxygen atoms in total. The maximum Gasteiger partial charge on any atom is 0.325 e. The number of methoxy groups -OCH3 is 1. The van der Waals surface area contributed by atoms with Crippen molar-refractivity contribution in [2.24, 2.45) is 0 Å². The summed E-state index contributed by atoms with van der Waals surface area (Å²) in [7, 11) is 1.26. The Labute approximate surface area is 180 Å². The topological polar surface area (TPSA) is 66.9 Å². The summed E-state index contributed by atoms with van der Waals surface area (Å²) in [5, 5.41) is 0. The van der Waals surface area contributed by atoms with E-state index in [0.717, 1.165) is 42.3 Å². The van der Waals surface area contributed by atoms with Gasteiger partial charge in [-0.2, -0.15) is 0 Å². The lowest BCUT2D eigenvalue weighted by molar-refractivity contribution is -0.143. The predicted molar refractivity (Wildman–Crippen MR) is 118 cm³/mol. The van der Waals surface area contributed by atoms with E-state index in [1.807, 2.05) is 24.3 Å². The monoisotopic (exact) mass is 432 g/mol. The summed E-state index contributed by atoms with van der Waals surface area (Å²) in [6, 6.07) is 7.50. The summed E-state index contributed by atoms with van der Waals surface area (Å²) in [6.07, 6.45) is 5.49. The van der Waals surface area contributed by atoms with Gasteiger partial charge in [-0.25, -0.2) is 0 Å². The molecule has 1 fully saturated rings. The Morgan fingerprint density at radius 1 is 1.07 bits per heavy atom. The minimum absolute atomic E-state index is 0.180. The first-order chi connectivity index (χ1) is 14.0. The van der Waals surface area contributed by atoms with Crippen LogP contribution in [-0.2, 0) is 19.1 Å². The highest BCUT2D eigenvalue weighted by atomic mass is 32.2. The van der Waals surface area contributed by atoms with Gasteiger partial charge in [-0.15, -0.1) is 0 Å². The molecule has 0 aromatic heterocycles. The van der Waals surface area contributed by atoms with Gasteiger partial charge >= 0.3 is 5.97 Å². The first-order valence-electron chi connectivity index (χ1n) is 9.75. The number of carbonyl (C=O) groups is 3. The maximum atomic E-state index is 13.3. The number of amides is 2. The zero-order chi connectivity index (χ0) is 21.0. The van der Waals surface area contributed by atoms with Gasteiger partial charge in [-0.05, 0) is 12.5 Å². The fraction of sp³-hybridized carbons (Fsp3) is 0.429. The number of unbranched alkanes of at least 4 members (excludes halogenated alkanes) is 4. The number of carbonyl (C=O) groups excluding carboxylic acids is 3. The molecule has 2 aliphatic rings.